The molecule has 7 heteroatoms. The molecule has 3 aromatic carbocycles. The van der Waals surface area contributed by atoms with Crippen molar-refractivity contribution in [3.63, 3.8) is 0 Å². The predicted octanol–water partition coefficient (Wildman–Crippen LogP) is 5.36. The van der Waals surface area contributed by atoms with Crippen LogP contribution in [0.15, 0.2) is 66.7 Å². The number of carbonyl (C=O) groups is 3. The summed E-state index contributed by atoms with van der Waals surface area (Å²) in [6.07, 6.45) is -0.619. The van der Waals surface area contributed by atoms with Crippen LogP contribution in [0.5, 0.6) is 0 Å². The van der Waals surface area contributed by atoms with Crippen molar-refractivity contribution in [3.05, 3.63) is 89.0 Å². The topological polar surface area (TPSA) is 89.7 Å². The van der Waals surface area contributed by atoms with Crippen LogP contribution in [0.2, 0.25) is 0 Å². The first kappa shape index (κ1) is 22.6. The third kappa shape index (κ3) is 4.64. The Morgan fingerprint density at radius 1 is 0.939 bits per heavy atom. The number of nitrogens with two attached hydrogens (primary N) is 1. The number of nitrogen functional groups attached to an aromatic ring is 1. The molecule has 0 spiro atoms. The van der Waals surface area contributed by atoms with E-state index in [4.69, 9.17) is 10.5 Å². The highest BCUT2D eigenvalue weighted by molar-refractivity contribution is 7.98. The van der Waals surface area contributed by atoms with Crippen LogP contribution in [0.3, 0.4) is 0 Å². The molecule has 0 aromatic heterocycles. The van der Waals surface area contributed by atoms with E-state index in [1.165, 1.54) is 16.3 Å². The van der Waals surface area contributed by atoms with Crippen LogP contribution in [0.1, 0.15) is 45.7 Å². The lowest BCUT2D eigenvalue weighted by molar-refractivity contribution is 0.0918. The number of hydrogen-bond donors (Lipinski definition) is 1. The number of rotatable bonds is 7. The SMILES string of the molecule is CC(C)SN(CC(=O)c1c(N)ccc2c1C(=O)c1ccccc1-2)C(=O)OCc1ccccc1. The van der Waals surface area contributed by atoms with Crippen molar-refractivity contribution < 1.29 is 19.1 Å². The van der Waals surface area contributed by atoms with Crippen LogP contribution in [0.4, 0.5) is 10.5 Å². The number of benzene rings is 3. The van der Waals surface area contributed by atoms with Gasteiger partial charge in [0.2, 0.25) is 0 Å². The molecule has 3 aromatic rings. The minimum absolute atomic E-state index is 0.0341. The highest BCUT2D eigenvalue weighted by atomic mass is 32.2. The maximum absolute atomic E-state index is 13.4. The van der Waals surface area contributed by atoms with Crippen molar-refractivity contribution in [1.29, 1.82) is 0 Å². The quantitative estimate of drug-likeness (QED) is 0.227. The average molecular weight is 461 g/mol. The maximum atomic E-state index is 13.4. The number of fused-ring (bicyclic) bond motifs is 3. The molecule has 0 bridgehead atoms. The van der Waals surface area contributed by atoms with Crippen LogP contribution in [-0.2, 0) is 11.3 Å². The molecule has 0 aliphatic heterocycles. The minimum Gasteiger partial charge on any atom is -0.444 e. The van der Waals surface area contributed by atoms with Gasteiger partial charge in [0, 0.05) is 22.1 Å². The van der Waals surface area contributed by atoms with Gasteiger partial charge in [-0.2, -0.15) is 0 Å². The van der Waals surface area contributed by atoms with E-state index < -0.39 is 11.9 Å². The molecule has 168 valence electrons. The van der Waals surface area contributed by atoms with Gasteiger partial charge in [0.25, 0.3) is 0 Å². The highest BCUT2D eigenvalue weighted by Crippen LogP contribution is 2.40. The van der Waals surface area contributed by atoms with Gasteiger partial charge in [-0.3, -0.25) is 9.59 Å². The Labute approximate surface area is 196 Å². The van der Waals surface area contributed by atoms with E-state index in [0.29, 0.717) is 16.7 Å². The van der Waals surface area contributed by atoms with Gasteiger partial charge >= 0.3 is 6.09 Å². The standard InChI is InChI=1S/C26H24N2O4S/c1-16(2)33-28(26(31)32-15-17-8-4-3-5-9-17)14-22(29)24-21(27)13-12-19-18-10-6-7-11-20(18)25(30)23(19)24/h3-13,16H,14-15,27H2,1-2H3. The molecule has 4 rings (SSSR count). The number of ether oxygens (including phenoxy) is 1. The highest BCUT2D eigenvalue weighted by Gasteiger charge is 2.33. The van der Waals surface area contributed by atoms with Gasteiger partial charge in [-0.25, -0.2) is 9.10 Å². The van der Waals surface area contributed by atoms with Crippen LogP contribution in [0, 0.1) is 0 Å². The van der Waals surface area contributed by atoms with E-state index in [1.807, 2.05) is 56.3 Å². The summed E-state index contributed by atoms with van der Waals surface area (Å²) in [4.78, 5) is 39.3. The van der Waals surface area contributed by atoms with E-state index in [-0.39, 0.29) is 35.4 Å². The van der Waals surface area contributed by atoms with E-state index >= 15 is 0 Å². The van der Waals surface area contributed by atoms with Gasteiger partial charge in [0.15, 0.2) is 11.6 Å². The van der Waals surface area contributed by atoms with Gasteiger partial charge in [0.05, 0.1) is 12.1 Å². The molecule has 1 aliphatic carbocycles. The summed E-state index contributed by atoms with van der Waals surface area (Å²) in [7, 11) is 0. The molecular weight excluding hydrogens is 436 g/mol. The Kier molecular flexibility index (Phi) is 6.51. The number of Topliss-reactive ketones (excluding diaryl/α,β-unsaturated/α-hetero) is 1. The van der Waals surface area contributed by atoms with Crippen molar-refractivity contribution >= 4 is 35.3 Å². The smallest absolute Gasteiger partial charge is 0.420 e. The Morgan fingerprint density at radius 2 is 1.61 bits per heavy atom. The fourth-order valence-electron chi connectivity index (χ4n) is 3.83. The number of anilines is 1. The van der Waals surface area contributed by atoms with Crippen LogP contribution in [-0.4, -0.2) is 33.8 Å². The lowest BCUT2D eigenvalue weighted by atomic mass is 9.96. The molecule has 0 fully saturated rings. The lowest BCUT2D eigenvalue weighted by Gasteiger charge is -2.22. The molecule has 0 atom stereocenters. The second kappa shape index (κ2) is 9.50. The number of hydrogen-bond acceptors (Lipinski definition) is 6. The Balaban J connectivity index is 1.59. The monoisotopic (exact) mass is 460 g/mol. The fraction of sp³-hybridized carbons (Fsp3) is 0.192. The summed E-state index contributed by atoms with van der Waals surface area (Å²) >= 11 is 1.21. The molecule has 6 nitrogen and oxygen atoms in total. The average Bonchev–Trinajstić information content (AvgIpc) is 3.09. The molecule has 0 unspecified atom stereocenters. The molecule has 0 heterocycles. The summed E-state index contributed by atoms with van der Waals surface area (Å²) in [5.74, 6) is -0.638. The van der Waals surface area contributed by atoms with E-state index in [0.717, 1.165) is 11.1 Å². The molecule has 0 saturated carbocycles. The number of ketones is 2. The predicted molar refractivity (Wildman–Crippen MR) is 130 cm³/mol. The zero-order valence-corrected chi connectivity index (χ0v) is 19.2. The molecular formula is C26H24N2O4S. The van der Waals surface area contributed by atoms with Gasteiger partial charge in [-0.1, -0.05) is 74.5 Å². The van der Waals surface area contributed by atoms with Crippen molar-refractivity contribution in [1.82, 2.24) is 4.31 Å². The van der Waals surface area contributed by atoms with E-state index in [2.05, 4.69) is 0 Å². The van der Waals surface area contributed by atoms with Crippen LogP contribution in [0.25, 0.3) is 11.1 Å². The minimum atomic E-state index is -0.619. The van der Waals surface area contributed by atoms with Gasteiger partial charge in [0.1, 0.15) is 6.61 Å². The molecule has 0 saturated heterocycles. The van der Waals surface area contributed by atoms with Gasteiger partial charge in [-0.05, 0) is 34.7 Å². The van der Waals surface area contributed by atoms with E-state index in [9.17, 15) is 14.4 Å². The first-order chi connectivity index (χ1) is 15.9. The zero-order valence-electron chi connectivity index (χ0n) is 18.4. The molecule has 1 aliphatic rings. The zero-order chi connectivity index (χ0) is 23.5. The first-order valence-electron chi connectivity index (χ1n) is 10.6. The number of nitrogens with zero attached hydrogens (tertiary/aromatic N) is 1. The Hall–Kier alpha value is -3.58. The van der Waals surface area contributed by atoms with E-state index in [1.54, 1.807) is 24.3 Å². The second-order valence-corrected chi connectivity index (χ2v) is 9.58. The largest absolute Gasteiger partial charge is 0.444 e. The summed E-state index contributed by atoms with van der Waals surface area (Å²) in [6, 6.07) is 19.9. The third-order valence-electron chi connectivity index (χ3n) is 5.24. The number of carbonyl (C=O) groups excluding carboxylic acids is 3. The van der Waals surface area contributed by atoms with Crippen molar-refractivity contribution in [2.75, 3.05) is 12.3 Å². The summed E-state index contributed by atoms with van der Waals surface area (Å²) in [6.45, 7) is 3.67. The van der Waals surface area contributed by atoms with Crippen molar-refractivity contribution in [3.8, 4) is 11.1 Å². The summed E-state index contributed by atoms with van der Waals surface area (Å²) < 4.78 is 6.73. The van der Waals surface area contributed by atoms with Crippen molar-refractivity contribution in [2.45, 2.75) is 25.7 Å². The third-order valence-corrected chi connectivity index (χ3v) is 6.19. The lowest BCUT2D eigenvalue weighted by Crippen LogP contribution is -2.32. The second-order valence-electron chi connectivity index (χ2n) is 7.98. The summed E-state index contributed by atoms with van der Waals surface area (Å²) in [5, 5.41) is 0.0341. The fourth-order valence-corrected chi connectivity index (χ4v) is 4.67. The maximum Gasteiger partial charge on any atom is 0.420 e. The molecule has 2 N–H and O–H groups in total. The van der Waals surface area contributed by atoms with Crippen molar-refractivity contribution in [2.24, 2.45) is 0 Å². The summed E-state index contributed by atoms with van der Waals surface area (Å²) in [5.41, 5.74) is 9.69. The Morgan fingerprint density at radius 3 is 2.30 bits per heavy atom. The molecule has 1 amide bonds. The Bertz CT molecular complexity index is 1220. The van der Waals surface area contributed by atoms with Crippen LogP contribution < -0.4 is 5.73 Å². The normalized spacial score (nSPS) is 11.8. The molecule has 0 radical (unpaired) electrons. The van der Waals surface area contributed by atoms with Gasteiger partial charge < -0.3 is 10.5 Å². The number of amides is 1. The first-order valence-corrected chi connectivity index (χ1v) is 11.4. The van der Waals surface area contributed by atoms with Crippen LogP contribution >= 0.6 is 11.9 Å². The molecule has 33 heavy (non-hydrogen) atoms. The van der Waals surface area contributed by atoms with Gasteiger partial charge in [-0.15, -0.1) is 0 Å².